The molecule has 0 aliphatic rings. The molecular weight excluding hydrogens is 220 g/mol. The molecule has 0 heterocycles. The summed E-state index contributed by atoms with van der Waals surface area (Å²) in [7, 11) is 3.47. The molecule has 0 fully saturated rings. The monoisotopic (exact) mass is 236 g/mol. The first-order chi connectivity index (χ1) is 7.80. The van der Waals surface area contributed by atoms with Crippen molar-refractivity contribution in [2.75, 3.05) is 19.9 Å². The van der Waals surface area contributed by atoms with E-state index in [0.717, 1.165) is 17.9 Å². The molecule has 0 saturated heterocycles. The number of nitrogens with zero attached hydrogens (tertiary/aromatic N) is 1. The molecule has 0 aliphatic heterocycles. The highest BCUT2D eigenvalue weighted by atomic mass is 32.2. The Morgan fingerprint density at radius 1 is 1.56 bits per heavy atom. The van der Waals surface area contributed by atoms with Gasteiger partial charge in [-0.2, -0.15) is 5.26 Å². The van der Waals surface area contributed by atoms with Crippen LogP contribution in [-0.4, -0.2) is 26.0 Å². The molecule has 16 heavy (non-hydrogen) atoms. The lowest BCUT2D eigenvalue weighted by molar-refractivity contribution is 0.413. The van der Waals surface area contributed by atoms with E-state index < -0.39 is 0 Å². The third kappa shape index (κ3) is 4.13. The van der Waals surface area contributed by atoms with Gasteiger partial charge in [0, 0.05) is 10.6 Å². The van der Waals surface area contributed by atoms with Crippen molar-refractivity contribution in [2.24, 2.45) is 0 Å². The van der Waals surface area contributed by atoms with E-state index in [-0.39, 0.29) is 6.04 Å². The molecule has 0 aliphatic carbocycles. The van der Waals surface area contributed by atoms with Gasteiger partial charge in [-0.3, -0.25) is 0 Å². The highest BCUT2D eigenvalue weighted by Crippen LogP contribution is 2.23. The molecule has 1 aromatic rings. The van der Waals surface area contributed by atoms with Crippen molar-refractivity contribution in [3.8, 4) is 11.8 Å². The van der Waals surface area contributed by atoms with E-state index in [1.54, 1.807) is 18.9 Å². The number of rotatable bonds is 6. The standard InChI is InChI=1S/C12H16N2OS/c1-14-10(9-13)6-7-16-12-5-3-4-11(8-12)15-2/h3-5,8,10,14H,6-7H2,1-2H3. The van der Waals surface area contributed by atoms with Crippen LogP contribution >= 0.6 is 11.8 Å². The molecule has 4 heteroatoms. The van der Waals surface area contributed by atoms with E-state index in [1.165, 1.54) is 4.90 Å². The van der Waals surface area contributed by atoms with Crippen LogP contribution < -0.4 is 10.1 Å². The molecular formula is C12H16N2OS. The van der Waals surface area contributed by atoms with Crippen LogP contribution in [0.4, 0.5) is 0 Å². The van der Waals surface area contributed by atoms with Gasteiger partial charge in [0.15, 0.2) is 0 Å². The Morgan fingerprint density at radius 2 is 2.38 bits per heavy atom. The second-order valence-corrected chi connectivity index (χ2v) is 4.45. The SMILES string of the molecule is CNC(C#N)CCSc1cccc(OC)c1. The average Bonchev–Trinajstić information content (AvgIpc) is 2.35. The summed E-state index contributed by atoms with van der Waals surface area (Å²) in [6, 6.07) is 10.1. The molecule has 1 N–H and O–H groups in total. The predicted octanol–water partition coefficient (Wildman–Crippen LogP) is 2.29. The minimum absolute atomic E-state index is 0.0573. The fraction of sp³-hybridized carbons (Fsp3) is 0.417. The number of nitriles is 1. The van der Waals surface area contributed by atoms with Gasteiger partial charge in [-0.25, -0.2) is 0 Å². The van der Waals surface area contributed by atoms with E-state index in [9.17, 15) is 0 Å². The van der Waals surface area contributed by atoms with E-state index in [1.807, 2.05) is 31.3 Å². The fourth-order valence-electron chi connectivity index (χ4n) is 1.26. The van der Waals surface area contributed by atoms with Gasteiger partial charge in [0.25, 0.3) is 0 Å². The molecule has 1 rings (SSSR count). The molecule has 0 saturated carbocycles. The Bertz CT molecular complexity index is 362. The number of thioether (sulfide) groups is 1. The zero-order chi connectivity index (χ0) is 11.8. The molecule has 0 radical (unpaired) electrons. The molecule has 1 aromatic carbocycles. The predicted molar refractivity (Wildman–Crippen MR) is 66.8 cm³/mol. The van der Waals surface area contributed by atoms with Gasteiger partial charge >= 0.3 is 0 Å². The molecule has 0 bridgehead atoms. The topological polar surface area (TPSA) is 45.0 Å². The van der Waals surface area contributed by atoms with Gasteiger partial charge in [0.05, 0.1) is 19.2 Å². The summed E-state index contributed by atoms with van der Waals surface area (Å²) >= 11 is 1.74. The van der Waals surface area contributed by atoms with E-state index >= 15 is 0 Å². The zero-order valence-electron chi connectivity index (χ0n) is 9.56. The van der Waals surface area contributed by atoms with Crippen molar-refractivity contribution in [1.29, 1.82) is 5.26 Å². The fourth-order valence-corrected chi connectivity index (χ4v) is 2.22. The highest BCUT2D eigenvalue weighted by Gasteiger charge is 2.03. The first-order valence-electron chi connectivity index (χ1n) is 5.14. The molecule has 0 amide bonds. The lowest BCUT2D eigenvalue weighted by Crippen LogP contribution is -2.23. The van der Waals surface area contributed by atoms with Crippen LogP contribution in [0.25, 0.3) is 0 Å². The second-order valence-electron chi connectivity index (χ2n) is 3.29. The molecule has 1 atom stereocenters. The van der Waals surface area contributed by atoms with Gasteiger partial charge in [-0.05, 0) is 31.7 Å². The van der Waals surface area contributed by atoms with Gasteiger partial charge in [0.2, 0.25) is 0 Å². The van der Waals surface area contributed by atoms with Crippen LogP contribution in [0, 0.1) is 11.3 Å². The maximum atomic E-state index is 8.76. The largest absolute Gasteiger partial charge is 0.497 e. The third-order valence-corrected chi connectivity index (χ3v) is 3.25. The minimum atomic E-state index is -0.0573. The van der Waals surface area contributed by atoms with Crippen molar-refractivity contribution in [3.63, 3.8) is 0 Å². The molecule has 0 aromatic heterocycles. The maximum absolute atomic E-state index is 8.76. The van der Waals surface area contributed by atoms with E-state index in [2.05, 4.69) is 11.4 Å². The van der Waals surface area contributed by atoms with Crippen molar-refractivity contribution in [1.82, 2.24) is 5.32 Å². The number of ether oxygens (including phenoxy) is 1. The number of hydrogen-bond acceptors (Lipinski definition) is 4. The average molecular weight is 236 g/mol. The van der Waals surface area contributed by atoms with Crippen LogP contribution in [0.1, 0.15) is 6.42 Å². The lowest BCUT2D eigenvalue weighted by atomic mass is 10.3. The number of hydrogen-bond donors (Lipinski definition) is 1. The summed E-state index contributed by atoms with van der Waals surface area (Å²) < 4.78 is 5.15. The summed E-state index contributed by atoms with van der Waals surface area (Å²) in [5.74, 6) is 1.79. The summed E-state index contributed by atoms with van der Waals surface area (Å²) in [5, 5.41) is 11.7. The van der Waals surface area contributed by atoms with Crippen LogP contribution in [0.5, 0.6) is 5.75 Å². The molecule has 0 spiro atoms. The van der Waals surface area contributed by atoms with Gasteiger partial charge < -0.3 is 10.1 Å². The first kappa shape index (κ1) is 12.9. The lowest BCUT2D eigenvalue weighted by Gasteiger charge is -2.07. The summed E-state index contributed by atoms with van der Waals surface area (Å²) in [4.78, 5) is 1.17. The van der Waals surface area contributed by atoms with Crippen LogP contribution in [0.15, 0.2) is 29.2 Å². The zero-order valence-corrected chi connectivity index (χ0v) is 10.4. The Hall–Kier alpha value is -1.18. The van der Waals surface area contributed by atoms with Crippen molar-refractivity contribution in [3.05, 3.63) is 24.3 Å². The van der Waals surface area contributed by atoms with Crippen LogP contribution in [0.3, 0.4) is 0 Å². The smallest absolute Gasteiger partial charge is 0.119 e. The molecule has 3 nitrogen and oxygen atoms in total. The third-order valence-electron chi connectivity index (χ3n) is 2.22. The van der Waals surface area contributed by atoms with Gasteiger partial charge in [-0.15, -0.1) is 11.8 Å². The van der Waals surface area contributed by atoms with Gasteiger partial charge in [-0.1, -0.05) is 6.07 Å². The number of benzene rings is 1. The van der Waals surface area contributed by atoms with E-state index in [0.29, 0.717) is 0 Å². The summed E-state index contributed by atoms with van der Waals surface area (Å²) in [5.41, 5.74) is 0. The maximum Gasteiger partial charge on any atom is 0.119 e. The summed E-state index contributed by atoms with van der Waals surface area (Å²) in [6.07, 6.45) is 0.842. The summed E-state index contributed by atoms with van der Waals surface area (Å²) in [6.45, 7) is 0. The van der Waals surface area contributed by atoms with Crippen LogP contribution in [-0.2, 0) is 0 Å². The quantitative estimate of drug-likeness (QED) is 0.770. The molecule has 86 valence electrons. The second kappa shape index (κ2) is 7.15. The van der Waals surface area contributed by atoms with Crippen molar-refractivity contribution >= 4 is 11.8 Å². The normalized spacial score (nSPS) is 11.8. The van der Waals surface area contributed by atoms with Crippen LogP contribution in [0.2, 0.25) is 0 Å². The first-order valence-corrected chi connectivity index (χ1v) is 6.12. The highest BCUT2D eigenvalue weighted by molar-refractivity contribution is 7.99. The Balaban J connectivity index is 2.40. The Labute approximate surface area is 101 Å². The Morgan fingerprint density at radius 3 is 3.00 bits per heavy atom. The van der Waals surface area contributed by atoms with Gasteiger partial charge in [0.1, 0.15) is 5.75 Å². The van der Waals surface area contributed by atoms with E-state index in [4.69, 9.17) is 10.00 Å². The number of nitrogens with one attached hydrogen (secondary N) is 1. The van der Waals surface area contributed by atoms with Crippen molar-refractivity contribution in [2.45, 2.75) is 17.4 Å². The molecule has 1 unspecified atom stereocenters. The van der Waals surface area contributed by atoms with Crippen molar-refractivity contribution < 1.29 is 4.74 Å². The number of methoxy groups -OCH3 is 1. The minimum Gasteiger partial charge on any atom is -0.497 e. The Kier molecular flexibility index (Phi) is 5.76.